The van der Waals surface area contributed by atoms with Crippen molar-refractivity contribution in [2.24, 2.45) is 0 Å². The lowest BCUT2D eigenvalue weighted by molar-refractivity contribution is -0.132. The number of carbonyl (C=O) groups is 1. The molecule has 1 aliphatic heterocycles. The highest BCUT2D eigenvalue weighted by Crippen LogP contribution is 2.32. The van der Waals surface area contributed by atoms with Crippen molar-refractivity contribution in [1.82, 2.24) is 20.0 Å². The molecule has 1 N–H and O–H groups in total. The molecule has 1 aromatic carbocycles. The largest absolute Gasteiger partial charge is 0.339 e. The van der Waals surface area contributed by atoms with Crippen LogP contribution in [0.5, 0.6) is 0 Å². The predicted molar refractivity (Wildman–Crippen MR) is 113 cm³/mol. The normalized spacial score (nSPS) is 16.4. The van der Waals surface area contributed by atoms with E-state index in [1.807, 2.05) is 11.8 Å². The van der Waals surface area contributed by atoms with Crippen molar-refractivity contribution in [1.29, 1.82) is 0 Å². The number of amides is 1. The second kappa shape index (κ2) is 9.03. The van der Waals surface area contributed by atoms with E-state index in [0.717, 1.165) is 47.9 Å². The van der Waals surface area contributed by atoms with Crippen molar-refractivity contribution < 1.29 is 4.79 Å². The fourth-order valence-electron chi connectivity index (χ4n) is 3.12. The van der Waals surface area contributed by atoms with Gasteiger partial charge in [-0.05, 0) is 38.9 Å². The summed E-state index contributed by atoms with van der Waals surface area (Å²) in [5, 5.41) is 12.4. The van der Waals surface area contributed by atoms with Crippen molar-refractivity contribution in [2.45, 2.75) is 37.3 Å². The quantitative estimate of drug-likeness (QED) is 0.742. The molecule has 0 spiro atoms. The number of carbonyl (C=O) groups excluding carboxylic acids is 1. The van der Waals surface area contributed by atoms with Crippen molar-refractivity contribution in [2.75, 3.05) is 38.0 Å². The second-order valence-corrected chi connectivity index (χ2v) is 9.40. The van der Waals surface area contributed by atoms with Gasteiger partial charge in [0.05, 0.1) is 5.25 Å². The smallest absolute Gasteiger partial charge is 0.235 e. The molecule has 2 aromatic rings. The Labute approximate surface area is 169 Å². The number of benzene rings is 1. The number of aromatic nitrogens is 2. The summed E-state index contributed by atoms with van der Waals surface area (Å²) in [6.45, 7) is 12.9. The van der Waals surface area contributed by atoms with E-state index in [1.54, 1.807) is 0 Å². The molecule has 1 saturated heterocycles. The van der Waals surface area contributed by atoms with Crippen molar-refractivity contribution >= 4 is 39.8 Å². The summed E-state index contributed by atoms with van der Waals surface area (Å²) in [6.07, 6.45) is 0. The molecule has 0 aliphatic carbocycles. The maximum atomic E-state index is 12.7. The Balaban J connectivity index is 1.56. The van der Waals surface area contributed by atoms with Crippen LogP contribution in [0.3, 0.4) is 0 Å². The minimum atomic E-state index is -0.153. The van der Waals surface area contributed by atoms with Crippen molar-refractivity contribution in [3.8, 4) is 0 Å². The van der Waals surface area contributed by atoms with Gasteiger partial charge in [0.2, 0.25) is 11.0 Å². The zero-order valence-corrected chi connectivity index (χ0v) is 18.0. The number of hydrogen-bond donors (Lipinski definition) is 1. The molecule has 146 valence electrons. The number of hydrogen-bond acceptors (Lipinski definition) is 7. The molecule has 0 bridgehead atoms. The van der Waals surface area contributed by atoms with Gasteiger partial charge in [-0.1, -0.05) is 47.7 Å². The van der Waals surface area contributed by atoms with Crippen LogP contribution in [-0.4, -0.2) is 63.9 Å². The highest BCUT2D eigenvalue weighted by Gasteiger charge is 2.26. The number of piperazine rings is 1. The topological polar surface area (TPSA) is 61.4 Å². The van der Waals surface area contributed by atoms with E-state index in [-0.39, 0.29) is 11.2 Å². The number of thioether (sulfide) groups is 1. The molecule has 0 saturated carbocycles. The average Bonchev–Trinajstić information content (AvgIpc) is 3.10. The van der Waals surface area contributed by atoms with E-state index in [9.17, 15) is 4.79 Å². The van der Waals surface area contributed by atoms with Crippen LogP contribution in [0.4, 0.5) is 10.8 Å². The Morgan fingerprint density at radius 1 is 1.26 bits per heavy atom. The van der Waals surface area contributed by atoms with Crippen LogP contribution in [0.1, 0.15) is 25.0 Å². The van der Waals surface area contributed by atoms with Gasteiger partial charge in [-0.15, -0.1) is 10.2 Å². The summed E-state index contributed by atoms with van der Waals surface area (Å²) in [7, 11) is 0. The van der Waals surface area contributed by atoms with Gasteiger partial charge in [0.15, 0.2) is 4.34 Å². The third-order valence-electron chi connectivity index (χ3n) is 4.79. The molecular formula is C19H27N5OS2. The zero-order valence-electron chi connectivity index (χ0n) is 16.4. The average molecular weight is 406 g/mol. The summed E-state index contributed by atoms with van der Waals surface area (Å²) >= 11 is 2.98. The SMILES string of the molecule is CCN1CCN(C(=O)[C@H](C)Sc2nnc(Nc3ccc(C)cc3C)s2)CC1. The Kier molecular flexibility index (Phi) is 6.73. The Hall–Kier alpha value is -1.64. The predicted octanol–water partition coefficient (Wildman–Crippen LogP) is 3.54. The van der Waals surface area contributed by atoms with Crippen LogP contribution in [0.25, 0.3) is 0 Å². The molecule has 3 rings (SSSR count). The van der Waals surface area contributed by atoms with Crippen LogP contribution >= 0.6 is 23.1 Å². The lowest BCUT2D eigenvalue weighted by Crippen LogP contribution is -2.50. The van der Waals surface area contributed by atoms with Gasteiger partial charge in [0.25, 0.3) is 0 Å². The molecule has 27 heavy (non-hydrogen) atoms. The Bertz CT molecular complexity index is 786. The third-order valence-corrected chi connectivity index (χ3v) is 6.80. The Morgan fingerprint density at radius 2 is 2.00 bits per heavy atom. The molecule has 1 atom stereocenters. The van der Waals surface area contributed by atoms with Gasteiger partial charge in [-0.3, -0.25) is 4.79 Å². The number of aryl methyl sites for hydroxylation is 2. The lowest BCUT2D eigenvalue weighted by atomic mass is 10.1. The van der Waals surface area contributed by atoms with Crippen LogP contribution in [0.15, 0.2) is 22.5 Å². The number of rotatable bonds is 6. The van der Waals surface area contributed by atoms with Gasteiger partial charge in [0, 0.05) is 31.9 Å². The molecular weight excluding hydrogens is 378 g/mol. The number of likely N-dealkylation sites (N-methyl/N-ethyl adjacent to an activating group) is 1. The van der Waals surface area contributed by atoms with Crippen LogP contribution in [0, 0.1) is 13.8 Å². The standard InChI is InChI=1S/C19H27N5OS2/c1-5-23-8-10-24(11-9-23)17(25)15(4)26-19-22-21-18(27-19)20-16-7-6-13(2)12-14(16)3/h6-7,12,15H,5,8-11H2,1-4H3,(H,20,21)/t15-/m0/s1. The maximum absolute atomic E-state index is 12.7. The first-order chi connectivity index (χ1) is 13.0. The van der Waals surface area contributed by atoms with Gasteiger partial charge in [-0.25, -0.2) is 0 Å². The maximum Gasteiger partial charge on any atom is 0.235 e. The van der Waals surface area contributed by atoms with Crippen LogP contribution in [0.2, 0.25) is 0 Å². The fraction of sp³-hybridized carbons (Fsp3) is 0.526. The van der Waals surface area contributed by atoms with Crippen LogP contribution in [-0.2, 0) is 4.79 Å². The summed E-state index contributed by atoms with van der Waals surface area (Å²) < 4.78 is 0.815. The zero-order chi connectivity index (χ0) is 19.4. The van der Waals surface area contributed by atoms with E-state index in [1.165, 1.54) is 34.2 Å². The van der Waals surface area contributed by atoms with Crippen LogP contribution < -0.4 is 5.32 Å². The van der Waals surface area contributed by atoms with E-state index < -0.39 is 0 Å². The summed E-state index contributed by atoms with van der Waals surface area (Å²) in [6, 6.07) is 6.27. The Morgan fingerprint density at radius 3 is 2.67 bits per heavy atom. The van der Waals surface area contributed by atoms with E-state index in [0.29, 0.717) is 0 Å². The van der Waals surface area contributed by atoms with Gasteiger partial charge >= 0.3 is 0 Å². The van der Waals surface area contributed by atoms with Crippen molar-refractivity contribution in [3.05, 3.63) is 29.3 Å². The fourth-order valence-corrected chi connectivity index (χ4v) is 5.11. The monoisotopic (exact) mass is 405 g/mol. The molecule has 6 nitrogen and oxygen atoms in total. The molecule has 0 unspecified atom stereocenters. The van der Waals surface area contributed by atoms with E-state index >= 15 is 0 Å². The summed E-state index contributed by atoms with van der Waals surface area (Å²) in [4.78, 5) is 17.0. The van der Waals surface area contributed by atoms with E-state index in [2.05, 4.69) is 59.4 Å². The molecule has 1 fully saturated rings. The molecule has 1 aliphatic rings. The third kappa shape index (κ3) is 5.21. The molecule has 8 heteroatoms. The summed E-state index contributed by atoms with van der Waals surface area (Å²) in [5.74, 6) is 0.190. The highest BCUT2D eigenvalue weighted by atomic mass is 32.2. The molecule has 1 amide bonds. The lowest BCUT2D eigenvalue weighted by Gasteiger charge is -2.35. The van der Waals surface area contributed by atoms with E-state index in [4.69, 9.17) is 0 Å². The minimum absolute atomic E-state index is 0.153. The number of anilines is 2. The van der Waals surface area contributed by atoms with Gasteiger partial charge < -0.3 is 15.1 Å². The molecule has 1 aromatic heterocycles. The van der Waals surface area contributed by atoms with Gasteiger partial charge in [-0.2, -0.15) is 0 Å². The highest BCUT2D eigenvalue weighted by molar-refractivity contribution is 8.02. The molecule has 2 heterocycles. The number of nitrogens with one attached hydrogen (secondary N) is 1. The first-order valence-corrected chi connectivity index (χ1v) is 11.0. The second-order valence-electron chi connectivity index (χ2n) is 6.84. The molecule has 0 radical (unpaired) electrons. The first kappa shape index (κ1) is 20.1. The minimum Gasteiger partial charge on any atom is -0.339 e. The van der Waals surface area contributed by atoms with Gasteiger partial charge in [0.1, 0.15) is 0 Å². The number of nitrogens with zero attached hydrogens (tertiary/aromatic N) is 4. The summed E-state index contributed by atoms with van der Waals surface area (Å²) in [5.41, 5.74) is 3.44. The van der Waals surface area contributed by atoms with Crippen molar-refractivity contribution in [3.63, 3.8) is 0 Å². The first-order valence-electron chi connectivity index (χ1n) is 9.32.